The lowest BCUT2D eigenvalue weighted by atomic mass is 10.0. The third-order valence-corrected chi connectivity index (χ3v) is 5.36. The van der Waals surface area contributed by atoms with Crippen molar-refractivity contribution in [3.63, 3.8) is 0 Å². The van der Waals surface area contributed by atoms with Crippen molar-refractivity contribution in [2.75, 3.05) is 31.2 Å². The average Bonchev–Trinajstić information content (AvgIpc) is 2.94. The summed E-state index contributed by atoms with van der Waals surface area (Å²) >= 11 is 13.5. The Kier molecular flexibility index (Phi) is 4.88. The lowest BCUT2D eigenvalue weighted by Gasteiger charge is -2.27. The molecule has 0 unspecified atom stereocenters. The number of nitrogens with zero attached hydrogens (tertiary/aromatic N) is 2. The van der Waals surface area contributed by atoms with E-state index in [9.17, 15) is 10.1 Å². The van der Waals surface area contributed by atoms with Gasteiger partial charge < -0.3 is 9.64 Å². The Morgan fingerprint density at radius 1 is 1.30 bits per heavy atom. The quantitative estimate of drug-likeness (QED) is 0.762. The number of rotatable bonds is 3. The monoisotopic (exact) mass is 366 g/mol. The summed E-state index contributed by atoms with van der Waals surface area (Å²) in [6.07, 6.45) is 0.774. The number of anilines is 1. The summed E-state index contributed by atoms with van der Waals surface area (Å²) < 4.78 is 5.35. The molecule has 0 atom stereocenters. The van der Waals surface area contributed by atoms with Gasteiger partial charge in [0.15, 0.2) is 6.29 Å². The van der Waals surface area contributed by atoms with Crippen LogP contribution in [0.5, 0.6) is 0 Å². The first-order valence-electron chi connectivity index (χ1n) is 6.96. The van der Waals surface area contributed by atoms with Crippen LogP contribution in [-0.2, 0) is 4.74 Å². The van der Waals surface area contributed by atoms with E-state index in [1.807, 2.05) is 0 Å². The number of benzene rings is 1. The van der Waals surface area contributed by atoms with Crippen LogP contribution in [0.2, 0.25) is 10.0 Å². The molecule has 23 heavy (non-hydrogen) atoms. The number of halogens is 2. The highest BCUT2D eigenvalue weighted by molar-refractivity contribution is 7.18. The summed E-state index contributed by atoms with van der Waals surface area (Å²) in [6, 6.07) is 7.28. The lowest BCUT2D eigenvalue weighted by molar-refractivity contribution is 0.112. The summed E-state index contributed by atoms with van der Waals surface area (Å²) in [4.78, 5) is 14.1. The van der Waals surface area contributed by atoms with Crippen molar-refractivity contribution in [3.05, 3.63) is 38.7 Å². The van der Waals surface area contributed by atoms with Gasteiger partial charge >= 0.3 is 0 Å². The normalized spacial score (nSPS) is 14.6. The predicted molar refractivity (Wildman–Crippen MR) is 92.9 cm³/mol. The molecule has 0 amide bonds. The Balaban J connectivity index is 2.17. The van der Waals surface area contributed by atoms with Crippen LogP contribution in [0.3, 0.4) is 0 Å². The van der Waals surface area contributed by atoms with Crippen LogP contribution in [0.25, 0.3) is 11.1 Å². The van der Waals surface area contributed by atoms with Crippen LogP contribution in [0.4, 0.5) is 5.00 Å². The number of carbonyl (C=O) groups excluding carboxylic acids is 1. The van der Waals surface area contributed by atoms with Crippen molar-refractivity contribution in [1.82, 2.24) is 0 Å². The Morgan fingerprint density at radius 3 is 2.65 bits per heavy atom. The topological polar surface area (TPSA) is 53.3 Å². The zero-order valence-corrected chi connectivity index (χ0v) is 14.3. The van der Waals surface area contributed by atoms with Crippen LogP contribution >= 0.6 is 34.5 Å². The van der Waals surface area contributed by atoms with Crippen molar-refractivity contribution < 1.29 is 9.53 Å². The van der Waals surface area contributed by atoms with Crippen molar-refractivity contribution in [2.24, 2.45) is 0 Å². The van der Waals surface area contributed by atoms with Gasteiger partial charge in [0.05, 0.1) is 23.7 Å². The molecule has 1 saturated heterocycles. The van der Waals surface area contributed by atoms with E-state index < -0.39 is 0 Å². The molecular weight excluding hydrogens is 355 g/mol. The van der Waals surface area contributed by atoms with Gasteiger partial charge in [0.1, 0.15) is 11.1 Å². The van der Waals surface area contributed by atoms with Crippen molar-refractivity contribution in [2.45, 2.75) is 0 Å². The first-order chi connectivity index (χ1) is 11.2. The second-order valence-electron chi connectivity index (χ2n) is 4.97. The highest BCUT2D eigenvalue weighted by Crippen LogP contribution is 2.43. The number of ether oxygens (including phenoxy) is 1. The molecule has 0 radical (unpaired) electrons. The van der Waals surface area contributed by atoms with E-state index in [0.29, 0.717) is 57.9 Å². The summed E-state index contributed by atoms with van der Waals surface area (Å²) in [5, 5.41) is 11.4. The number of aldehydes is 1. The van der Waals surface area contributed by atoms with Gasteiger partial charge in [-0.1, -0.05) is 29.3 Å². The zero-order valence-electron chi connectivity index (χ0n) is 12.0. The molecule has 0 saturated carbocycles. The largest absolute Gasteiger partial charge is 0.378 e. The highest BCUT2D eigenvalue weighted by Gasteiger charge is 2.25. The fourth-order valence-corrected chi connectivity index (χ4v) is 4.21. The van der Waals surface area contributed by atoms with Gasteiger partial charge in [0.2, 0.25) is 0 Å². The maximum atomic E-state index is 11.5. The van der Waals surface area contributed by atoms with Crippen LogP contribution < -0.4 is 4.90 Å². The maximum Gasteiger partial charge on any atom is 0.160 e. The van der Waals surface area contributed by atoms with Crippen molar-refractivity contribution in [3.8, 4) is 17.2 Å². The second-order valence-corrected chi connectivity index (χ2v) is 6.85. The minimum atomic E-state index is 0.420. The molecule has 0 N–H and O–H groups in total. The van der Waals surface area contributed by atoms with E-state index in [1.165, 1.54) is 11.3 Å². The number of carbonyl (C=O) groups is 1. The fourth-order valence-electron chi connectivity index (χ4n) is 2.57. The van der Waals surface area contributed by atoms with E-state index in [0.717, 1.165) is 11.3 Å². The van der Waals surface area contributed by atoms with Crippen molar-refractivity contribution in [1.29, 1.82) is 5.26 Å². The Hall–Kier alpha value is -1.58. The molecule has 2 heterocycles. The molecule has 1 aromatic heterocycles. The van der Waals surface area contributed by atoms with Gasteiger partial charge in [0, 0.05) is 34.3 Å². The van der Waals surface area contributed by atoms with Crippen LogP contribution in [0, 0.1) is 11.3 Å². The maximum absolute atomic E-state index is 11.5. The molecule has 4 nitrogen and oxygen atoms in total. The van der Waals surface area contributed by atoms with Gasteiger partial charge in [0.25, 0.3) is 0 Å². The smallest absolute Gasteiger partial charge is 0.160 e. The summed E-state index contributed by atoms with van der Waals surface area (Å²) in [5.74, 6) is 0. The van der Waals surface area contributed by atoms with Gasteiger partial charge in [-0.25, -0.2) is 0 Å². The van der Waals surface area contributed by atoms with E-state index in [4.69, 9.17) is 27.9 Å². The summed E-state index contributed by atoms with van der Waals surface area (Å²) in [5.41, 5.74) is 1.70. The fraction of sp³-hybridized carbons (Fsp3) is 0.250. The van der Waals surface area contributed by atoms with E-state index >= 15 is 0 Å². The van der Waals surface area contributed by atoms with Crippen molar-refractivity contribution >= 4 is 45.8 Å². The molecule has 7 heteroatoms. The molecule has 1 fully saturated rings. The van der Waals surface area contributed by atoms with Gasteiger partial charge in [-0.05, 0) is 12.1 Å². The van der Waals surface area contributed by atoms with E-state index in [2.05, 4.69) is 11.0 Å². The number of hydrogen-bond donors (Lipinski definition) is 0. The molecule has 3 rings (SSSR count). The minimum Gasteiger partial charge on any atom is -0.378 e. The zero-order chi connectivity index (χ0) is 16.4. The third kappa shape index (κ3) is 3.08. The molecular formula is C16H12Cl2N2O2S. The number of thiophene rings is 1. The minimum absolute atomic E-state index is 0.420. The van der Waals surface area contributed by atoms with Crippen LogP contribution in [0.15, 0.2) is 18.2 Å². The van der Waals surface area contributed by atoms with Gasteiger partial charge in [-0.2, -0.15) is 5.26 Å². The van der Waals surface area contributed by atoms with Gasteiger partial charge in [-0.3, -0.25) is 4.79 Å². The second kappa shape index (κ2) is 6.90. The molecule has 1 aromatic carbocycles. The van der Waals surface area contributed by atoms with Gasteiger partial charge in [-0.15, -0.1) is 11.3 Å². The lowest BCUT2D eigenvalue weighted by Crippen LogP contribution is -2.36. The Bertz CT molecular complexity index is 792. The summed E-state index contributed by atoms with van der Waals surface area (Å²) in [6.45, 7) is 2.61. The molecule has 1 aliphatic rings. The highest BCUT2D eigenvalue weighted by atomic mass is 35.5. The molecule has 1 aliphatic heterocycles. The number of nitriles is 1. The van der Waals surface area contributed by atoms with E-state index in [-0.39, 0.29) is 0 Å². The predicted octanol–water partition coefficient (Wildman–Crippen LogP) is 4.24. The molecule has 0 aliphatic carbocycles. The standard InChI is InChI=1S/C16H12Cl2N2O2S/c17-10-1-2-11(13(18)7-10)15-12(8-19)16(23-14(15)9-21)20-3-5-22-6-4-20/h1-2,7,9H,3-6H2. The molecule has 0 bridgehead atoms. The molecule has 0 spiro atoms. The first kappa shape index (κ1) is 16.3. The average molecular weight is 367 g/mol. The number of hydrogen-bond acceptors (Lipinski definition) is 5. The first-order valence-corrected chi connectivity index (χ1v) is 8.53. The number of morpholine rings is 1. The van der Waals surface area contributed by atoms with Crippen LogP contribution in [0.1, 0.15) is 15.2 Å². The molecule has 118 valence electrons. The van der Waals surface area contributed by atoms with Crippen LogP contribution in [-0.4, -0.2) is 32.6 Å². The summed E-state index contributed by atoms with van der Waals surface area (Å²) in [7, 11) is 0. The third-order valence-electron chi connectivity index (χ3n) is 3.63. The molecule has 2 aromatic rings. The van der Waals surface area contributed by atoms with E-state index in [1.54, 1.807) is 18.2 Å². The Labute approximate surface area is 147 Å². The SMILES string of the molecule is N#Cc1c(N2CCOCC2)sc(C=O)c1-c1ccc(Cl)cc1Cl. The Morgan fingerprint density at radius 2 is 2.04 bits per heavy atom.